The molecule has 1 fully saturated rings. The van der Waals surface area contributed by atoms with Crippen molar-refractivity contribution in [3.63, 3.8) is 0 Å². The average Bonchev–Trinajstić information content (AvgIpc) is 2.98. The molecular formula is C19H26F2N2O4S. The number of amides is 2. The molecule has 2 amide bonds. The number of carbonyl (C=O) groups excluding carboxylic acids is 2. The maximum Gasteiger partial charge on any atom is 0.254 e. The van der Waals surface area contributed by atoms with Crippen molar-refractivity contribution >= 4 is 21.7 Å². The van der Waals surface area contributed by atoms with E-state index in [1.54, 1.807) is 4.90 Å². The molecular weight excluding hydrogens is 390 g/mol. The summed E-state index contributed by atoms with van der Waals surface area (Å²) < 4.78 is 49.9. The van der Waals surface area contributed by atoms with E-state index in [-0.39, 0.29) is 42.0 Å². The maximum absolute atomic E-state index is 13.6. The number of nitrogens with zero attached hydrogens (tertiary/aromatic N) is 1. The maximum atomic E-state index is 13.6. The van der Waals surface area contributed by atoms with Crippen molar-refractivity contribution in [2.75, 3.05) is 24.6 Å². The predicted octanol–water partition coefficient (Wildman–Crippen LogP) is 2.29. The van der Waals surface area contributed by atoms with Crippen molar-refractivity contribution in [3.8, 4) is 0 Å². The van der Waals surface area contributed by atoms with Gasteiger partial charge in [-0.3, -0.25) is 9.59 Å². The van der Waals surface area contributed by atoms with Crippen LogP contribution in [0.2, 0.25) is 0 Å². The van der Waals surface area contributed by atoms with Gasteiger partial charge in [0.25, 0.3) is 5.91 Å². The van der Waals surface area contributed by atoms with Crippen LogP contribution in [-0.4, -0.2) is 55.8 Å². The van der Waals surface area contributed by atoms with Crippen molar-refractivity contribution < 1.29 is 26.8 Å². The zero-order chi connectivity index (χ0) is 20.7. The number of sulfone groups is 1. The minimum Gasteiger partial charge on any atom is -0.352 e. The number of carbonyl (C=O) groups is 2. The van der Waals surface area contributed by atoms with Crippen molar-refractivity contribution in [2.45, 2.75) is 45.1 Å². The molecule has 1 N–H and O–H groups in total. The van der Waals surface area contributed by atoms with Gasteiger partial charge in [0.1, 0.15) is 11.6 Å². The summed E-state index contributed by atoms with van der Waals surface area (Å²) in [4.78, 5) is 26.2. The average molecular weight is 416 g/mol. The van der Waals surface area contributed by atoms with Gasteiger partial charge in [-0.25, -0.2) is 17.2 Å². The third kappa shape index (κ3) is 6.25. The minimum atomic E-state index is -3.09. The zero-order valence-corrected chi connectivity index (χ0v) is 16.7. The summed E-state index contributed by atoms with van der Waals surface area (Å²) >= 11 is 0. The highest BCUT2D eigenvalue weighted by Gasteiger charge is 2.34. The third-order valence-corrected chi connectivity index (χ3v) is 6.50. The SMILES string of the molecule is CCCCN(C(=O)CCCNC(=O)c1ccc(F)cc1F)C1CCS(=O)(=O)C1. The van der Waals surface area contributed by atoms with E-state index in [0.29, 0.717) is 25.5 Å². The fraction of sp³-hybridized carbons (Fsp3) is 0.579. The van der Waals surface area contributed by atoms with Crippen LogP contribution in [-0.2, 0) is 14.6 Å². The van der Waals surface area contributed by atoms with E-state index in [0.717, 1.165) is 25.0 Å². The fourth-order valence-electron chi connectivity index (χ4n) is 3.21. The molecule has 156 valence electrons. The lowest BCUT2D eigenvalue weighted by Gasteiger charge is -2.28. The van der Waals surface area contributed by atoms with Crippen LogP contribution in [0, 0.1) is 11.6 Å². The molecule has 0 aromatic heterocycles. The first-order valence-electron chi connectivity index (χ1n) is 9.46. The first-order valence-corrected chi connectivity index (χ1v) is 11.3. The Morgan fingerprint density at radius 3 is 2.61 bits per heavy atom. The smallest absolute Gasteiger partial charge is 0.254 e. The number of benzene rings is 1. The second-order valence-electron chi connectivity index (χ2n) is 6.98. The van der Waals surface area contributed by atoms with Crippen molar-refractivity contribution in [1.82, 2.24) is 10.2 Å². The summed E-state index contributed by atoms with van der Waals surface area (Å²) in [5.41, 5.74) is -0.256. The number of rotatable bonds is 9. The first kappa shape index (κ1) is 22.3. The van der Waals surface area contributed by atoms with E-state index in [9.17, 15) is 26.8 Å². The van der Waals surface area contributed by atoms with Crippen LogP contribution < -0.4 is 5.32 Å². The summed E-state index contributed by atoms with van der Waals surface area (Å²) in [6, 6.07) is 2.42. The molecule has 0 spiro atoms. The Hall–Kier alpha value is -2.03. The molecule has 0 aliphatic carbocycles. The monoisotopic (exact) mass is 416 g/mol. The molecule has 0 bridgehead atoms. The molecule has 6 nitrogen and oxygen atoms in total. The molecule has 0 radical (unpaired) electrons. The Balaban J connectivity index is 1.84. The number of unbranched alkanes of at least 4 members (excludes halogenated alkanes) is 1. The lowest BCUT2D eigenvalue weighted by atomic mass is 10.1. The van der Waals surface area contributed by atoms with Gasteiger partial charge >= 0.3 is 0 Å². The molecule has 1 aliphatic heterocycles. The molecule has 1 unspecified atom stereocenters. The van der Waals surface area contributed by atoms with Crippen LogP contribution in [0.15, 0.2) is 18.2 Å². The van der Waals surface area contributed by atoms with E-state index in [4.69, 9.17) is 0 Å². The van der Waals surface area contributed by atoms with E-state index in [1.165, 1.54) is 0 Å². The minimum absolute atomic E-state index is 0.00301. The summed E-state index contributed by atoms with van der Waals surface area (Å²) in [6.07, 6.45) is 2.64. The lowest BCUT2D eigenvalue weighted by Crippen LogP contribution is -2.42. The Bertz CT molecular complexity index is 814. The zero-order valence-electron chi connectivity index (χ0n) is 15.9. The van der Waals surface area contributed by atoms with Gasteiger partial charge in [-0.05, 0) is 31.4 Å². The molecule has 28 heavy (non-hydrogen) atoms. The Morgan fingerprint density at radius 2 is 2.00 bits per heavy atom. The van der Waals surface area contributed by atoms with Crippen LogP contribution in [0.1, 0.15) is 49.4 Å². The molecule has 1 atom stereocenters. The molecule has 1 heterocycles. The van der Waals surface area contributed by atoms with Crippen LogP contribution >= 0.6 is 0 Å². The molecule has 9 heteroatoms. The summed E-state index contributed by atoms with van der Waals surface area (Å²) in [5.74, 6) is -2.41. The van der Waals surface area contributed by atoms with Crippen LogP contribution in [0.25, 0.3) is 0 Å². The summed E-state index contributed by atoms with van der Waals surface area (Å²) in [6.45, 7) is 2.67. The van der Waals surface area contributed by atoms with Gasteiger partial charge in [-0.2, -0.15) is 0 Å². The van der Waals surface area contributed by atoms with Crippen LogP contribution in [0.3, 0.4) is 0 Å². The third-order valence-electron chi connectivity index (χ3n) is 4.75. The van der Waals surface area contributed by atoms with Crippen molar-refractivity contribution in [3.05, 3.63) is 35.4 Å². The standard InChI is InChI=1S/C19H26F2N2O4S/c1-2-3-10-23(15-8-11-28(26,27)13-15)18(24)5-4-9-22-19(25)16-7-6-14(20)12-17(16)21/h6-7,12,15H,2-5,8-11,13H2,1H3,(H,22,25). The number of hydrogen-bond acceptors (Lipinski definition) is 4. The molecule has 1 aliphatic rings. The van der Waals surface area contributed by atoms with Crippen molar-refractivity contribution in [1.29, 1.82) is 0 Å². The normalized spacial score (nSPS) is 18.0. The van der Waals surface area contributed by atoms with E-state index < -0.39 is 27.4 Å². The second-order valence-corrected chi connectivity index (χ2v) is 9.21. The fourth-order valence-corrected chi connectivity index (χ4v) is 4.95. The topological polar surface area (TPSA) is 83.6 Å². The van der Waals surface area contributed by atoms with Gasteiger partial charge in [0, 0.05) is 31.6 Å². The van der Waals surface area contributed by atoms with Gasteiger partial charge in [0.2, 0.25) is 5.91 Å². The highest BCUT2D eigenvalue weighted by molar-refractivity contribution is 7.91. The number of hydrogen-bond donors (Lipinski definition) is 1. The lowest BCUT2D eigenvalue weighted by molar-refractivity contribution is -0.133. The highest BCUT2D eigenvalue weighted by Crippen LogP contribution is 2.19. The second kappa shape index (κ2) is 9.95. The van der Waals surface area contributed by atoms with Gasteiger partial charge in [-0.15, -0.1) is 0 Å². The number of nitrogens with one attached hydrogen (secondary N) is 1. The summed E-state index contributed by atoms with van der Waals surface area (Å²) in [7, 11) is -3.09. The van der Waals surface area contributed by atoms with Crippen LogP contribution in [0.5, 0.6) is 0 Å². The Morgan fingerprint density at radius 1 is 1.25 bits per heavy atom. The van der Waals surface area contributed by atoms with E-state index >= 15 is 0 Å². The highest BCUT2D eigenvalue weighted by atomic mass is 32.2. The van der Waals surface area contributed by atoms with Crippen LogP contribution in [0.4, 0.5) is 8.78 Å². The van der Waals surface area contributed by atoms with Crippen molar-refractivity contribution in [2.24, 2.45) is 0 Å². The predicted molar refractivity (Wildman–Crippen MR) is 102 cm³/mol. The van der Waals surface area contributed by atoms with E-state index in [1.807, 2.05) is 6.92 Å². The summed E-state index contributed by atoms with van der Waals surface area (Å²) in [5, 5.41) is 2.51. The molecule has 1 saturated heterocycles. The first-order chi connectivity index (χ1) is 13.2. The largest absolute Gasteiger partial charge is 0.352 e. The van der Waals surface area contributed by atoms with E-state index in [2.05, 4.69) is 5.32 Å². The number of halogens is 2. The quantitative estimate of drug-likeness (QED) is 0.626. The van der Waals surface area contributed by atoms with Gasteiger partial charge in [0.15, 0.2) is 9.84 Å². The Labute approximate surface area is 164 Å². The van der Waals surface area contributed by atoms with Gasteiger partial charge in [0.05, 0.1) is 17.1 Å². The molecule has 0 saturated carbocycles. The molecule has 1 aromatic rings. The van der Waals surface area contributed by atoms with Gasteiger partial charge < -0.3 is 10.2 Å². The molecule has 1 aromatic carbocycles. The molecule has 2 rings (SSSR count). The Kier molecular flexibility index (Phi) is 7.91. The van der Waals surface area contributed by atoms with Gasteiger partial charge in [-0.1, -0.05) is 13.3 Å².